The highest BCUT2D eigenvalue weighted by molar-refractivity contribution is 5.95. The molecule has 2 heterocycles. The fourth-order valence-electron chi connectivity index (χ4n) is 2.13. The molecule has 2 rings (SSSR count). The van der Waals surface area contributed by atoms with Gasteiger partial charge in [0.1, 0.15) is 0 Å². The maximum atomic E-state index is 12.4. The van der Waals surface area contributed by atoms with E-state index in [4.69, 9.17) is 0 Å². The molecule has 0 saturated carbocycles. The number of nitrogens with one attached hydrogen (secondary N) is 1. The molecule has 0 atom stereocenters. The predicted octanol–water partition coefficient (Wildman–Crippen LogP) is 0.209. The second-order valence-electron chi connectivity index (χ2n) is 5.22. The maximum absolute atomic E-state index is 12.4. The van der Waals surface area contributed by atoms with Gasteiger partial charge >= 0.3 is 0 Å². The van der Waals surface area contributed by atoms with E-state index in [1.165, 1.54) is 6.20 Å². The summed E-state index contributed by atoms with van der Waals surface area (Å²) in [5.41, 5.74) is 1.49. The van der Waals surface area contributed by atoms with Crippen LogP contribution in [0.2, 0.25) is 0 Å². The van der Waals surface area contributed by atoms with Crippen molar-refractivity contribution >= 4 is 11.6 Å². The lowest BCUT2D eigenvalue weighted by Crippen LogP contribution is -2.54. The Morgan fingerprint density at radius 3 is 2.62 bits per heavy atom. The van der Waals surface area contributed by atoms with Gasteiger partial charge < -0.3 is 15.5 Å². The van der Waals surface area contributed by atoms with Gasteiger partial charge in [-0.05, 0) is 20.3 Å². The molecule has 2 aromatic heterocycles. The van der Waals surface area contributed by atoms with E-state index in [0.29, 0.717) is 23.3 Å². The Balaban J connectivity index is 2.37. The van der Waals surface area contributed by atoms with E-state index in [9.17, 15) is 15.0 Å². The summed E-state index contributed by atoms with van der Waals surface area (Å²) in [6.07, 6.45) is 1.90. The van der Waals surface area contributed by atoms with Crippen molar-refractivity contribution in [2.75, 3.05) is 13.2 Å². The van der Waals surface area contributed by atoms with Gasteiger partial charge in [-0.15, -0.1) is 0 Å². The summed E-state index contributed by atoms with van der Waals surface area (Å²) in [5, 5.41) is 25.8. The summed E-state index contributed by atoms with van der Waals surface area (Å²) in [5.74, 6) is -0.389. The van der Waals surface area contributed by atoms with Gasteiger partial charge in [0.2, 0.25) is 0 Å². The highest BCUT2D eigenvalue weighted by Crippen LogP contribution is 2.14. The number of hydrogen-bond donors (Lipinski definition) is 3. The Kier molecular flexibility index (Phi) is 4.24. The Bertz CT molecular complexity index is 653. The molecule has 0 bridgehead atoms. The van der Waals surface area contributed by atoms with Crippen LogP contribution < -0.4 is 5.32 Å². The van der Waals surface area contributed by atoms with Crippen molar-refractivity contribution in [2.45, 2.75) is 32.7 Å². The molecule has 0 aliphatic carbocycles. The average molecular weight is 292 g/mol. The van der Waals surface area contributed by atoms with Gasteiger partial charge in [-0.2, -0.15) is 5.10 Å². The number of carbonyl (C=O) groups is 1. The highest BCUT2D eigenvalue weighted by Gasteiger charge is 2.29. The zero-order valence-corrected chi connectivity index (χ0v) is 12.4. The number of fused-ring (bicyclic) bond motifs is 1. The van der Waals surface area contributed by atoms with Gasteiger partial charge in [0.05, 0.1) is 35.7 Å². The van der Waals surface area contributed by atoms with Crippen molar-refractivity contribution in [2.24, 2.45) is 0 Å². The third-order valence-corrected chi connectivity index (χ3v) is 3.75. The van der Waals surface area contributed by atoms with Gasteiger partial charge in [0.15, 0.2) is 5.65 Å². The number of amides is 1. The zero-order valence-electron chi connectivity index (χ0n) is 12.4. The monoisotopic (exact) mass is 292 g/mol. The molecule has 3 N–H and O–H groups in total. The second kappa shape index (κ2) is 5.79. The highest BCUT2D eigenvalue weighted by atomic mass is 16.3. The average Bonchev–Trinajstić information content (AvgIpc) is 2.86. The summed E-state index contributed by atoms with van der Waals surface area (Å²) < 4.78 is 1.61. The predicted molar refractivity (Wildman–Crippen MR) is 77.1 cm³/mol. The van der Waals surface area contributed by atoms with Crippen molar-refractivity contribution in [1.29, 1.82) is 0 Å². The van der Waals surface area contributed by atoms with Crippen LogP contribution in [0.5, 0.6) is 0 Å². The van der Waals surface area contributed by atoms with Crippen LogP contribution in [0.25, 0.3) is 5.65 Å². The molecule has 0 aromatic carbocycles. The first-order valence-corrected chi connectivity index (χ1v) is 6.82. The number of aromatic nitrogens is 3. The quantitative estimate of drug-likeness (QED) is 0.731. The van der Waals surface area contributed by atoms with Crippen LogP contribution in [-0.4, -0.2) is 49.5 Å². The largest absolute Gasteiger partial charge is 0.394 e. The summed E-state index contributed by atoms with van der Waals surface area (Å²) >= 11 is 0. The van der Waals surface area contributed by atoms with E-state index >= 15 is 0 Å². The minimum Gasteiger partial charge on any atom is -0.394 e. The van der Waals surface area contributed by atoms with Gasteiger partial charge in [-0.25, -0.2) is 9.50 Å². The van der Waals surface area contributed by atoms with Gasteiger partial charge in [-0.1, -0.05) is 6.92 Å². The van der Waals surface area contributed by atoms with E-state index in [-0.39, 0.29) is 19.1 Å². The third-order valence-electron chi connectivity index (χ3n) is 3.75. The number of hydrogen-bond acceptors (Lipinski definition) is 5. The lowest BCUT2D eigenvalue weighted by atomic mass is 9.98. The number of aliphatic hydroxyl groups excluding tert-OH is 2. The van der Waals surface area contributed by atoms with Crippen molar-refractivity contribution in [1.82, 2.24) is 19.9 Å². The fraction of sp³-hybridized carbons (Fsp3) is 0.500. The fourth-order valence-corrected chi connectivity index (χ4v) is 2.13. The van der Waals surface area contributed by atoms with Gasteiger partial charge in [-0.3, -0.25) is 4.79 Å². The molecule has 0 spiro atoms. The number of nitrogens with zero attached hydrogens (tertiary/aromatic N) is 3. The smallest absolute Gasteiger partial charge is 0.255 e. The van der Waals surface area contributed by atoms with Crippen molar-refractivity contribution in [3.05, 3.63) is 29.2 Å². The van der Waals surface area contributed by atoms with Gasteiger partial charge in [0, 0.05) is 12.3 Å². The standard InChI is InChI=1S/C14H20N4O3/c1-4-14(7-19,8-20)16-13(21)11-6-15-12-5-9(2)17-18(12)10(11)3/h5-6,19-20H,4,7-8H2,1-3H3,(H,16,21). The molecular weight excluding hydrogens is 272 g/mol. The number of aryl methyl sites for hydroxylation is 2. The Labute approximate surface area is 122 Å². The van der Waals surface area contributed by atoms with Crippen LogP contribution in [-0.2, 0) is 0 Å². The van der Waals surface area contributed by atoms with E-state index < -0.39 is 5.54 Å². The summed E-state index contributed by atoms with van der Waals surface area (Å²) in [4.78, 5) is 16.6. The Morgan fingerprint density at radius 1 is 1.38 bits per heavy atom. The summed E-state index contributed by atoms with van der Waals surface area (Å²) in [6.45, 7) is 4.76. The SMILES string of the molecule is CCC(CO)(CO)NC(=O)c1cnc2cc(C)nn2c1C. The first-order chi connectivity index (χ1) is 9.96. The first kappa shape index (κ1) is 15.4. The number of carbonyl (C=O) groups excluding carboxylic acids is 1. The van der Waals surface area contributed by atoms with Crippen molar-refractivity contribution < 1.29 is 15.0 Å². The molecule has 0 aliphatic heterocycles. The molecular formula is C14H20N4O3. The molecule has 0 unspecified atom stereocenters. The molecule has 7 nitrogen and oxygen atoms in total. The molecule has 1 amide bonds. The van der Waals surface area contributed by atoms with E-state index in [1.54, 1.807) is 18.4 Å². The van der Waals surface area contributed by atoms with Crippen LogP contribution in [0.15, 0.2) is 12.3 Å². The van der Waals surface area contributed by atoms with Crippen LogP contribution in [0, 0.1) is 13.8 Å². The van der Waals surface area contributed by atoms with Crippen molar-refractivity contribution in [3.63, 3.8) is 0 Å². The molecule has 21 heavy (non-hydrogen) atoms. The molecule has 2 aromatic rings. The topological polar surface area (TPSA) is 99.8 Å². The van der Waals surface area contributed by atoms with E-state index in [0.717, 1.165) is 5.69 Å². The maximum Gasteiger partial charge on any atom is 0.255 e. The number of rotatable bonds is 5. The minimum absolute atomic E-state index is 0.332. The van der Waals surface area contributed by atoms with Crippen molar-refractivity contribution in [3.8, 4) is 0 Å². The summed E-state index contributed by atoms with van der Waals surface area (Å²) in [7, 11) is 0. The Morgan fingerprint density at radius 2 is 2.05 bits per heavy atom. The summed E-state index contributed by atoms with van der Waals surface area (Å²) in [6, 6.07) is 1.83. The molecule has 0 saturated heterocycles. The Hall–Kier alpha value is -1.99. The van der Waals surface area contributed by atoms with Crippen LogP contribution in [0.4, 0.5) is 0 Å². The molecule has 0 aliphatic rings. The van der Waals surface area contributed by atoms with Crippen LogP contribution in [0.3, 0.4) is 0 Å². The first-order valence-electron chi connectivity index (χ1n) is 6.82. The molecule has 114 valence electrons. The van der Waals surface area contributed by atoms with Crippen LogP contribution in [0.1, 0.15) is 35.1 Å². The van der Waals surface area contributed by atoms with Crippen LogP contribution >= 0.6 is 0 Å². The lowest BCUT2D eigenvalue weighted by Gasteiger charge is -2.29. The minimum atomic E-state index is -1.03. The lowest BCUT2D eigenvalue weighted by molar-refractivity contribution is 0.0651. The molecule has 0 radical (unpaired) electrons. The van der Waals surface area contributed by atoms with Gasteiger partial charge in [0.25, 0.3) is 5.91 Å². The normalized spacial score (nSPS) is 11.9. The molecule has 0 fully saturated rings. The van der Waals surface area contributed by atoms with E-state index in [1.807, 2.05) is 13.0 Å². The second-order valence-corrected chi connectivity index (χ2v) is 5.22. The van der Waals surface area contributed by atoms with E-state index in [2.05, 4.69) is 15.4 Å². The third kappa shape index (κ3) is 2.74. The number of aliphatic hydroxyl groups is 2. The molecule has 7 heteroatoms. The zero-order chi connectivity index (χ0) is 15.6.